The Kier molecular flexibility index (Phi) is 6.61. The van der Waals surface area contributed by atoms with Crippen LogP contribution in [-0.4, -0.2) is 49.8 Å². The third-order valence-corrected chi connectivity index (χ3v) is 4.30. The van der Waals surface area contributed by atoms with Crippen LogP contribution in [0.1, 0.15) is 47.0 Å². The second kappa shape index (κ2) is 7.46. The molecule has 1 aliphatic rings. The molecule has 0 bridgehead atoms. The topological polar surface area (TPSA) is 24.5 Å². The van der Waals surface area contributed by atoms with Gasteiger partial charge in [0.2, 0.25) is 0 Å². The van der Waals surface area contributed by atoms with E-state index in [1.54, 1.807) is 0 Å². The minimum atomic E-state index is 0.218. The molecule has 0 saturated carbocycles. The molecule has 1 aliphatic heterocycles. The molecule has 3 heteroatoms. The molecule has 0 spiro atoms. The van der Waals surface area contributed by atoms with Crippen molar-refractivity contribution in [3.63, 3.8) is 0 Å². The molecule has 18 heavy (non-hydrogen) atoms. The standard InChI is InChI=1S/C15H32N2O/c1-13(2)7-6-8-14(16-5)15(3,4)17-9-11-18-12-10-17/h13-14,16H,6-12H2,1-5H3. The van der Waals surface area contributed by atoms with E-state index in [0.29, 0.717) is 6.04 Å². The molecule has 0 amide bonds. The van der Waals surface area contributed by atoms with Crippen LogP contribution in [0.15, 0.2) is 0 Å². The van der Waals surface area contributed by atoms with Crippen molar-refractivity contribution in [1.82, 2.24) is 10.2 Å². The van der Waals surface area contributed by atoms with Gasteiger partial charge in [0.1, 0.15) is 0 Å². The van der Waals surface area contributed by atoms with Crippen molar-refractivity contribution in [2.24, 2.45) is 5.92 Å². The zero-order valence-corrected chi connectivity index (χ0v) is 13.0. The molecular formula is C15H32N2O. The number of morpholine rings is 1. The van der Waals surface area contributed by atoms with Crippen LogP contribution in [0, 0.1) is 5.92 Å². The molecule has 1 N–H and O–H groups in total. The van der Waals surface area contributed by atoms with E-state index in [-0.39, 0.29) is 5.54 Å². The van der Waals surface area contributed by atoms with Gasteiger partial charge >= 0.3 is 0 Å². The van der Waals surface area contributed by atoms with E-state index < -0.39 is 0 Å². The zero-order valence-electron chi connectivity index (χ0n) is 13.0. The van der Waals surface area contributed by atoms with Crippen LogP contribution in [0.2, 0.25) is 0 Å². The number of nitrogens with one attached hydrogen (secondary N) is 1. The lowest BCUT2D eigenvalue weighted by molar-refractivity contribution is -0.0237. The van der Waals surface area contributed by atoms with Crippen molar-refractivity contribution in [1.29, 1.82) is 0 Å². The molecule has 0 aromatic heterocycles. The molecule has 3 nitrogen and oxygen atoms in total. The van der Waals surface area contributed by atoms with E-state index in [1.807, 2.05) is 0 Å². The van der Waals surface area contributed by atoms with Gasteiger partial charge in [-0.3, -0.25) is 4.90 Å². The summed E-state index contributed by atoms with van der Waals surface area (Å²) in [6.07, 6.45) is 3.91. The van der Waals surface area contributed by atoms with Gasteiger partial charge in [-0.1, -0.05) is 26.7 Å². The first-order chi connectivity index (χ1) is 8.48. The summed E-state index contributed by atoms with van der Waals surface area (Å²) < 4.78 is 5.46. The predicted molar refractivity (Wildman–Crippen MR) is 78.0 cm³/mol. The molecule has 1 rings (SSSR count). The molecule has 0 aliphatic carbocycles. The third-order valence-electron chi connectivity index (χ3n) is 4.30. The fourth-order valence-electron chi connectivity index (χ4n) is 2.94. The Labute approximate surface area is 113 Å². The van der Waals surface area contributed by atoms with Gasteiger partial charge in [0.05, 0.1) is 13.2 Å². The van der Waals surface area contributed by atoms with Crippen LogP contribution < -0.4 is 5.32 Å². The second-order valence-corrected chi connectivity index (χ2v) is 6.42. The van der Waals surface area contributed by atoms with Gasteiger partial charge < -0.3 is 10.1 Å². The Morgan fingerprint density at radius 1 is 1.17 bits per heavy atom. The number of likely N-dealkylation sites (N-methyl/N-ethyl adjacent to an activating group) is 1. The zero-order chi connectivity index (χ0) is 13.6. The van der Waals surface area contributed by atoms with E-state index >= 15 is 0 Å². The summed E-state index contributed by atoms with van der Waals surface area (Å²) in [6.45, 7) is 13.2. The second-order valence-electron chi connectivity index (χ2n) is 6.42. The van der Waals surface area contributed by atoms with Crippen molar-refractivity contribution < 1.29 is 4.74 Å². The highest BCUT2D eigenvalue weighted by Gasteiger charge is 2.34. The van der Waals surface area contributed by atoms with Gasteiger partial charge in [-0.2, -0.15) is 0 Å². The summed E-state index contributed by atoms with van der Waals surface area (Å²) in [5, 5.41) is 3.53. The Balaban J connectivity index is 2.49. The van der Waals surface area contributed by atoms with Gasteiger partial charge in [0.15, 0.2) is 0 Å². The van der Waals surface area contributed by atoms with E-state index in [1.165, 1.54) is 19.3 Å². The van der Waals surface area contributed by atoms with Gasteiger partial charge in [-0.25, -0.2) is 0 Å². The van der Waals surface area contributed by atoms with Gasteiger partial charge in [-0.15, -0.1) is 0 Å². The van der Waals surface area contributed by atoms with Gasteiger partial charge in [0.25, 0.3) is 0 Å². The molecule has 108 valence electrons. The lowest BCUT2D eigenvalue weighted by Gasteiger charge is -2.46. The molecule has 0 aromatic rings. The smallest absolute Gasteiger partial charge is 0.0594 e. The SMILES string of the molecule is CNC(CCCC(C)C)C(C)(C)N1CCOCC1. The van der Waals surface area contributed by atoms with Gasteiger partial charge in [0, 0.05) is 24.7 Å². The van der Waals surface area contributed by atoms with E-state index in [0.717, 1.165) is 32.2 Å². The monoisotopic (exact) mass is 256 g/mol. The Bertz CT molecular complexity index is 223. The van der Waals surface area contributed by atoms with Crippen molar-refractivity contribution in [2.75, 3.05) is 33.4 Å². The minimum Gasteiger partial charge on any atom is -0.379 e. The van der Waals surface area contributed by atoms with Crippen LogP contribution in [0.25, 0.3) is 0 Å². The van der Waals surface area contributed by atoms with E-state index in [2.05, 4.69) is 45.0 Å². The number of nitrogens with zero attached hydrogens (tertiary/aromatic N) is 1. The van der Waals surface area contributed by atoms with Crippen molar-refractivity contribution in [3.05, 3.63) is 0 Å². The Morgan fingerprint density at radius 2 is 1.78 bits per heavy atom. The molecule has 1 fully saturated rings. The van der Waals surface area contributed by atoms with E-state index in [9.17, 15) is 0 Å². The maximum Gasteiger partial charge on any atom is 0.0594 e. The van der Waals surface area contributed by atoms with Crippen LogP contribution >= 0.6 is 0 Å². The fraction of sp³-hybridized carbons (Fsp3) is 1.00. The molecule has 0 radical (unpaired) electrons. The lowest BCUT2D eigenvalue weighted by Crippen LogP contribution is -2.59. The minimum absolute atomic E-state index is 0.218. The highest BCUT2D eigenvalue weighted by Crippen LogP contribution is 2.24. The first-order valence-electron chi connectivity index (χ1n) is 7.48. The largest absolute Gasteiger partial charge is 0.379 e. The van der Waals surface area contributed by atoms with Crippen LogP contribution in [0.4, 0.5) is 0 Å². The lowest BCUT2D eigenvalue weighted by atomic mass is 9.87. The molecule has 0 aromatic carbocycles. The normalized spacial score (nSPS) is 20.3. The number of hydrogen-bond acceptors (Lipinski definition) is 3. The third kappa shape index (κ3) is 4.52. The van der Waals surface area contributed by atoms with E-state index in [4.69, 9.17) is 4.74 Å². The summed E-state index contributed by atoms with van der Waals surface area (Å²) in [5.41, 5.74) is 0.218. The maximum absolute atomic E-state index is 5.46. The van der Waals surface area contributed by atoms with Crippen LogP contribution in [0.5, 0.6) is 0 Å². The van der Waals surface area contributed by atoms with Gasteiger partial charge in [-0.05, 0) is 33.2 Å². The molecule has 1 unspecified atom stereocenters. The quantitative estimate of drug-likeness (QED) is 0.757. The Hall–Kier alpha value is -0.120. The highest BCUT2D eigenvalue weighted by molar-refractivity contribution is 4.93. The average molecular weight is 256 g/mol. The molecule has 1 saturated heterocycles. The first kappa shape index (κ1) is 15.9. The van der Waals surface area contributed by atoms with Crippen LogP contribution in [-0.2, 0) is 4.74 Å². The summed E-state index contributed by atoms with van der Waals surface area (Å²) in [7, 11) is 2.10. The molecular weight excluding hydrogens is 224 g/mol. The summed E-state index contributed by atoms with van der Waals surface area (Å²) in [6, 6.07) is 0.564. The fourth-order valence-corrected chi connectivity index (χ4v) is 2.94. The van der Waals surface area contributed by atoms with Crippen molar-refractivity contribution >= 4 is 0 Å². The van der Waals surface area contributed by atoms with Crippen molar-refractivity contribution in [3.8, 4) is 0 Å². The number of rotatable bonds is 7. The van der Waals surface area contributed by atoms with Crippen molar-refractivity contribution in [2.45, 2.75) is 58.5 Å². The molecule has 1 heterocycles. The average Bonchev–Trinajstić information content (AvgIpc) is 2.35. The summed E-state index contributed by atoms with van der Waals surface area (Å²) >= 11 is 0. The summed E-state index contributed by atoms with van der Waals surface area (Å²) in [4.78, 5) is 2.58. The number of hydrogen-bond donors (Lipinski definition) is 1. The summed E-state index contributed by atoms with van der Waals surface area (Å²) in [5.74, 6) is 0.814. The molecule has 1 atom stereocenters. The predicted octanol–water partition coefficient (Wildman–Crippen LogP) is 2.51. The first-order valence-corrected chi connectivity index (χ1v) is 7.48. The Morgan fingerprint density at radius 3 is 2.28 bits per heavy atom. The van der Waals surface area contributed by atoms with Crippen LogP contribution in [0.3, 0.4) is 0 Å². The highest BCUT2D eigenvalue weighted by atomic mass is 16.5. The maximum atomic E-state index is 5.46. The number of ether oxygens (including phenoxy) is 1.